The first-order chi connectivity index (χ1) is 8.19. The number of hydrogen-bond acceptors (Lipinski definition) is 4. The Hall–Kier alpha value is -1.26. The van der Waals surface area contributed by atoms with Crippen LogP contribution in [0.1, 0.15) is 10.4 Å². The normalized spacial score (nSPS) is 10.3. The number of anilines is 1. The Morgan fingerprint density at radius 2 is 2.29 bits per heavy atom. The Labute approximate surface area is 109 Å². The number of hydrogen-bond donors (Lipinski definition) is 1. The zero-order chi connectivity index (χ0) is 12.3. The summed E-state index contributed by atoms with van der Waals surface area (Å²) in [6, 6.07) is 5.95. The second kappa shape index (κ2) is 5.38. The fraction of sp³-hybridized carbons (Fsp3) is 0.250. The zero-order valence-electron chi connectivity index (χ0n) is 9.66. The number of aryl methyl sites for hydroxylation is 1. The van der Waals surface area contributed by atoms with E-state index in [2.05, 4.69) is 10.3 Å². The topological polar surface area (TPSA) is 34.1 Å². The SMILES string of the molecule is COc1ccc(NCc2cnc(Cl)s2)c(C)c1. The van der Waals surface area contributed by atoms with Gasteiger partial charge in [0, 0.05) is 16.8 Å². The standard InChI is InChI=1S/C12H13ClN2OS/c1-8-5-9(16-2)3-4-11(8)14-6-10-7-15-12(13)17-10/h3-5,7,14H,6H2,1-2H3. The lowest BCUT2D eigenvalue weighted by Crippen LogP contribution is -1.99. The van der Waals surface area contributed by atoms with Crippen molar-refractivity contribution in [1.82, 2.24) is 4.98 Å². The molecule has 2 rings (SSSR count). The van der Waals surface area contributed by atoms with Crippen LogP contribution in [0.2, 0.25) is 4.47 Å². The number of thiazole rings is 1. The van der Waals surface area contributed by atoms with Crippen LogP contribution >= 0.6 is 22.9 Å². The van der Waals surface area contributed by atoms with Gasteiger partial charge in [0.2, 0.25) is 0 Å². The summed E-state index contributed by atoms with van der Waals surface area (Å²) in [7, 11) is 1.67. The molecular weight excluding hydrogens is 256 g/mol. The molecule has 0 fully saturated rings. The van der Waals surface area contributed by atoms with Crippen molar-refractivity contribution in [1.29, 1.82) is 0 Å². The van der Waals surface area contributed by atoms with Crippen LogP contribution in [0.3, 0.4) is 0 Å². The van der Waals surface area contributed by atoms with Gasteiger partial charge in [-0.15, -0.1) is 11.3 Å². The number of ether oxygens (including phenoxy) is 1. The van der Waals surface area contributed by atoms with E-state index in [1.807, 2.05) is 25.1 Å². The van der Waals surface area contributed by atoms with Crippen molar-refractivity contribution in [3.63, 3.8) is 0 Å². The second-order valence-corrected chi connectivity index (χ2v) is 5.31. The van der Waals surface area contributed by atoms with Crippen molar-refractivity contribution in [3.8, 4) is 5.75 Å². The van der Waals surface area contributed by atoms with Crippen LogP contribution < -0.4 is 10.1 Å². The van der Waals surface area contributed by atoms with Crippen LogP contribution in [0, 0.1) is 6.92 Å². The van der Waals surface area contributed by atoms with E-state index < -0.39 is 0 Å². The van der Waals surface area contributed by atoms with Gasteiger partial charge < -0.3 is 10.1 Å². The Bertz CT molecular complexity index is 513. The molecule has 0 spiro atoms. The molecule has 0 amide bonds. The second-order valence-electron chi connectivity index (χ2n) is 3.61. The van der Waals surface area contributed by atoms with Gasteiger partial charge in [-0.25, -0.2) is 4.98 Å². The van der Waals surface area contributed by atoms with Crippen LogP contribution in [-0.2, 0) is 6.54 Å². The summed E-state index contributed by atoms with van der Waals surface area (Å²) in [6.45, 7) is 2.78. The molecule has 1 N–H and O–H groups in total. The predicted molar refractivity (Wildman–Crippen MR) is 72.2 cm³/mol. The van der Waals surface area contributed by atoms with Crippen LogP contribution in [0.25, 0.3) is 0 Å². The lowest BCUT2D eigenvalue weighted by Gasteiger charge is -2.09. The van der Waals surface area contributed by atoms with Gasteiger partial charge in [0.05, 0.1) is 13.7 Å². The smallest absolute Gasteiger partial charge is 0.183 e. The highest BCUT2D eigenvalue weighted by atomic mass is 35.5. The number of nitrogens with one attached hydrogen (secondary N) is 1. The summed E-state index contributed by atoms with van der Waals surface area (Å²) >= 11 is 7.26. The van der Waals surface area contributed by atoms with E-state index in [1.54, 1.807) is 13.3 Å². The summed E-state index contributed by atoms with van der Waals surface area (Å²) in [4.78, 5) is 5.12. The quantitative estimate of drug-likeness (QED) is 0.918. The maximum absolute atomic E-state index is 5.78. The number of benzene rings is 1. The van der Waals surface area contributed by atoms with Crippen molar-refractivity contribution in [2.24, 2.45) is 0 Å². The predicted octanol–water partition coefficient (Wildman–Crippen LogP) is 3.73. The summed E-state index contributed by atoms with van der Waals surface area (Å²) in [5, 5.41) is 3.35. The average Bonchev–Trinajstić information content (AvgIpc) is 2.73. The lowest BCUT2D eigenvalue weighted by molar-refractivity contribution is 0.414. The summed E-state index contributed by atoms with van der Waals surface area (Å²) < 4.78 is 5.74. The summed E-state index contributed by atoms with van der Waals surface area (Å²) in [5.41, 5.74) is 2.25. The van der Waals surface area contributed by atoms with Gasteiger partial charge in [0.25, 0.3) is 0 Å². The minimum Gasteiger partial charge on any atom is -0.497 e. The van der Waals surface area contributed by atoms with E-state index in [0.29, 0.717) is 4.47 Å². The molecule has 0 radical (unpaired) electrons. The first-order valence-corrected chi connectivity index (χ1v) is 6.37. The fourth-order valence-corrected chi connectivity index (χ4v) is 2.43. The summed E-state index contributed by atoms with van der Waals surface area (Å²) in [5.74, 6) is 0.869. The molecule has 17 heavy (non-hydrogen) atoms. The molecule has 1 aromatic carbocycles. The maximum atomic E-state index is 5.78. The number of rotatable bonds is 4. The third-order valence-corrected chi connectivity index (χ3v) is 3.53. The van der Waals surface area contributed by atoms with Crippen LogP contribution in [0.15, 0.2) is 24.4 Å². The molecule has 1 aromatic heterocycles. The molecule has 0 aliphatic carbocycles. The molecule has 0 unspecified atom stereocenters. The Kier molecular flexibility index (Phi) is 3.86. The van der Waals surface area contributed by atoms with Crippen LogP contribution in [0.5, 0.6) is 5.75 Å². The first kappa shape index (κ1) is 12.2. The molecule has 0 atom stereocenters. The van der Waals surface area contributed by atoms with Gasteiger partial charge in [0.15, 0.2) is 4.47 Å². The van der Waals surface area contributed by atoms with E-state index in [4.69, 9.17) is 16.3 Å². The molecule has 0 saturated heterocycles. The maximum Gasteiger partial charge on any atom is 0.183 e. The molecule has 5 heteroatoms. The zero-order valence-corrected chi connectivity index (χ0v) is 11.2. The largest absolute Gasteiger partial charge is 0.497 e. The Balaban J connectivity index is 2.04. The van der Waals surface area contributed by atoms with E-state index in [0.717, 1.165) is 28.4 Å². The lowest BCUT2D eigenvalue weighted by atomic mass is 10.2. The molecule has 90 valence electrons. The first-order valence-electron chi connectivity index (χ1n) is 5.18. The van der Waals surface area contributed by atoms with Gasteiger partial charge in [-0.05, 0) is 30.7 Å². The van der Waals surface area contributed by atoms with Crippen LogP contribution in [0.4, 0.5) is 5.69 Å². The third kappa shape index (κ3) is 3.11. The highest BCUT2D eigenvalue weighted by molar-refractivity contribution is 7.15. The number of halogens is 1. The van der Waals surface area contributed by atoms with Crippen molar-refractivity contribution in [2.75, 3.05) is 12.4 Å². The highest BCUT2D eigenvalue weighted by Gasteiger charge is 2.02. The van der Waals surface area contributed by atoms with Gasteiger partial charge in [-0.2, -0.15) is 0 Å². The van der Waals surface area contributed by atoms with Gasteiger partial charge >= 0.3 is 0 Å². The molecule has 0 aliphatic rings. The van der Waals surface area contributed by atoms with Crippen molar-refractivity contribution >= 4 is 28.6 Å². The van der Waals surface area contributed by atoms with Gasteiger partial charge in [-0.1, -0.05) is 11.6 Å². The molecule has 0 aliphatic heterocycles. The third-order valence-electron chi connectivity index (χ3n) is 2.41. The summed E-state index contributed by atoms with van der Waals surface area (Å²) in [6.07, 6.45) is 1.79. The number of methoxy groups -OCH3 is 1. The minimum atomic E-state index is 0.577. The van der Waals surface area contributed by atoms with E-state index in [1.165, 1.54) is 11.3 Å². The van der Waals surface area contributed by atoms with Crippen molar-refractivity contribution in [3.05, 3.63) is 39.3 Å². The van der Waals surface area contributed by atoms with Crippen molar-refractivity contribution in [2.45, 2.75) is 13.5 Å². The molecule has 0 bridgehead atoms. The van der Waals surface area contributed by atoms with E-state index in [-0.39, 0.29) is 0 Å². The molecule has 1 heterocycles. The molecular formula is C12H13ClN2OS. The monoisotopic (exact) mass is 268 g/mol. The van der Waals surface area contributed by atoms with Crippen LogP contribution in [-0.4, -0.2) is 12.1 Å². The minimum absolute atomic E-state index is 0.577. The average molecular weight is 269 g/mol. The number of aromatic nitrogens is 1. The Morgan fingerprint density at radius 1 is 1.47 bits per heavy atom. The van der Waals surface area contributed by atoms with E-state index >= 15 is 0 Å². The Morgan fingerprint density at radius 3 is 2.88 bits per heavy atom. The van der Waals surface area contributed by atoms with Gasteiger partial charge in [-0.3, -0.25) is 0 Å². The molecule has 3 nitrogen and oxygen atoms in total. The molecule has 0 saturated carbocycles. The highest BCUT2D eigenvalue weighted by Crippen LogP contribution is 2.23. The number of nitrogens with zero attached hydrogens (tertiary/aromatic N) is 1. The van der Waals surface area contributed by atoms with Gasteiger partial charge in [0.1, 0.15) is 5.75 Å². The molecule has 2 aromatic rings. The van der Waals surface area contributed by atoms with Crippen molar-refractivity contribution < 1.29 is 4.74 Å². The van der Waals surface area contributed by atoms with E-state index in [9.17, 15) is 0 Å². The fourth-order valence-electron chi connectivity index (χ4n) is 1.51.